The Bertz CT molecular complexity index is 517. The Labute approximate surface area is 119 Å². The maximum Gasteiger partial charge on any atom is 0.252 e. The Morgan fingerprint density at radius 3 is 2.70 bits per heavy atom. The summed E-state index contributed by atoms with van der Waals surface area (Å²) in [7, 11) is 0. The summed E-state index contributed by atoms with van der Waals surface area (Å²) in [6.45, 7) is 6.62. The smallest absolute Gasteiger partial charge is 0.252 e. The van der Waals surface area contributed by atoms with Crippen LogP contribution in [-0.2, 0) is 0 Å². The third kappa shape index (κ3) is 2.86. The van der Waals surface area contributed by atoms with Crippen molar-refractivity contribution in [3.63, 3.8) is 0 Å². The average Bonchev–Trinajstić information content (AvgIpc) is 3.30. The SMILES string of the molecule is CC(CN)N1CCN(c2cc(=O)[nH]c(C3CC3)n2)CC1. The van der Waals surface area contributed by atoms with Gasteiger partial charge in [0, 0.05) is 50.7 Å². The van der Waals surface area contributed by atoms with Crippen LogP contribution < -0.4 is 16.2 Å². The van der Waals surface area contributed by atoms with Crippen LogP contribution in [0.2, 0.25) is 0 Å². The topological polar surface area (TPSA) is 78.2 Å². The number of aromatic amines is 1. The lowest BCUT2D eigenvalue weighted by Gasteiger charge is -2.38. The molecule has 0 amide bonds. The van der Waals surface area contributed by atoms with E-state index in [9.17, 15) is 4.79 Å². The van der Waals surface area contributed by atoms with Crippen LogP contribution in [0.5, 0.6) is 0 Å². The van der Waals surface area contributed by atoms with Gasteiger partial charge in [-0.05, 0) is 19.8 Å². The highest BCUT2D eigenvalue weighted by Gasteiger charge is 2.28. The molecule has 1 aliphatic carbocycles. The van der Waals surface area contributed by atoms with Gasteiger partial charge in [0.2, 0.25) is 0 Å². The van der Waals surface area contributed by atoms with Gasteiger partial charge in [-0.1, -0.05) is 0 Å². The van der Waals surface area contributed by atoms with Crippen LogP contribution in [0.15, 0.2) is 10.9 Å². The van der Waals surface area contributed by atoms with Crippen LogP contribution in [0, 0.1) is 0 Å². The van der Waals surface area contributed by atoms with Crippen molar-refractivity contribution in [3.8, 4) is 0 Å². The van der Waals surface area contributed by atoms with Gasteiger partial charge in [0.1, 0.15) is 11.6 Å². The lowest BCUT2D eigenvalue weighted by molar-refractivity contribution is 0.201. The van der Waals surface area contributed by atoms with Gasteiger partial charge in [0.05, 0.1) is 0 Å². The van der Waals surface area contributed by atoms with E-state index < -0.39 is 0 Å². The van der Waals surface area contributed by atoms with Crippen LogP contribution >= 0.6 is 0 Å². The molecular weight excluding hydrogens is 254 g/mol. The number of nitrogens with zero attached hydrogens (tertiary/aromatic N) is 3. The first-order valence-corrected chi connectivity index (χ1v) is 7.47. The molecule has 1 saturated heterocycles. The van der Waals surface area contributed by atoms with E-state index in [-0.39, 0.29) is 5.56 Å². The van der Waals surface area contributed by atoms with E-state index >= 15 is 0 Å². The fraction of sp³-hybridized carbons (Fsp3) is 0.714. The van der Waals surface area contributed by atoms with Crippen molar-refractivity contribution in [2.24, 2.45) is 5.73 Å². The van der Waals surface area contributed by atoms with E-state index in [1.165, 1.54) is 0 Å². The van der Waals surface area contributed by atoms with Gasteiger partial charge in [-0.2, -0.15) is 0 Å². The molecule has 1 atom stereocenters. The molecule has 1 aliphatic heterocycles. The first-order chi connectivity index (χ1) is 9.67. The van der Waals surface area contributed by atoms with E-state index in [1.807, 2.05) is 0 Å². The summed E-state index contributed by atoms with van der Waals surface area (Å²) in [5, 5.41) is 0. The second kappa shape index (κ2) is 5.54. The lowest BCUT2D eigenvalue weighted by Crippen LogP contribution is -2.51. The molecule has 1 aromatic rings. The zero-order valence-corrected chi connectivity index (χ0v) is 12.0. The van der Waals surface area contributed by atoms with Gasteiger partial charge in [-0.3, -0.25) is 9.69 Å². The van der Waals surface area contributed by atoms with Crippen LogP contribution in [-0.4, -0.2) is 53.6 Å². The summed E-state index contributed by atoms with van der Waals surface area (Å²) in [5.74, 6) is 2.17. The molecule has 6 heteroatoms. The number of nitrogens with two attached hydrogens (primary N) is 1. The van der Waals surface area contributed by atoms with Crippen LogP contribution in [0.25, 0.3) is 0 Å². The Morgan fingerprint density at radius 1 is 1.40 bits per heavy atom. The minimum Gasteiger partial charge on any atom is -0.354 e. The molecular formula is C14H23N5O. The van der Waals surface area contributed by atoms with Gasteiger partial charge < -0.3 is 15.6 Å². The Kier molecular flexibility index (Phi) is 3.76. The van der Waals surface area contributed by atoms with E-state index in [1.54, 1.807) is 6.07 Å². The molecule has 6 nitrogen and oxygen atoms in total. The minimum atomic E-state index is -0.0327. The second-order valence-electron chi connectivity index (χ2n) is 5.87. The lowest BCUT2D eigenvalue weighted by atomic mass is 10.2. The number of nitrogens with one attached hydrogen (secondary N) is 1. The van der Waals surface area contributed by atoms with E-state index in [0.717, 1.165) is 50.7 Å². The predicted octanol–water partition coefficient (Wildman–Crippen LogP) is 0.117. The third-order valence-corrected chi connectivity index (χ3v) is 4.31. The number of hydrogen-bond acceptors (Lipinski definition) is 5. The zero-order chi connectivity index (χ0) is 14.1. The van der Waals surface area contributed by atoms with E-state index in [2.05, 4.69) is 26.7 Å². The maximum absolute atomic E-state index is 11.8. The quantitative estimate of drug-likeness (QED) is 0.817. The highest BCUT2D eigenvalue weighted by Crippen LogP contribution is 2.37. The van der Waals surface area contributed by atoms with E-state index in [4.69, 9.17) is 5.73 Å². The first kappa shape index (κ1) is 13.6. The number of rotatable bonds is 4. The molecule has 110 valence electrons. The van der Waals surface area contributed by atoms with Crippen molar-refractivity contribution >= 4 is 5.82 Å². The summed E-state index contributed by atoms with van der Waals surface area (Å²) in [6, 6.07) is 2.04. The van der Waals surface area contributed by atoms with Crippen molar-refractivity contribution in [3.05, 3.63) is 22.2 Å². The van der Waals surface area contributed by atoms with Crippen molar-refractivity contribution in [1.82, 2.24) is 14.9 Å². The van der Waals surface area contributed by atoms with Gasteiger partial charge >= 0.3 is 0 Å². The summed E-state index contributed by atoms with van der Waals surface area (Å²) >= 11 is 0. The summed E-state index contributed by atoms with van der Waals surface area (Å²) in [4.78, 5) is 23.9. The van der Waals surface area contributed by atoms with Gasteiger partial charge in [0.25, 0.3) is 5.56 Å². The number of anilines is 1. The number of H-pyrrole nitrogens is 1. The molecule has 0 spiro atoms. The second-order valence-corrected chi connectivity index (χ2v) is 5.87. The molecule has 2 fully saturated rings. The molecule has 3 N–H and O–H groups in total. The van der Waals surface area contributed by atoms with Crippen molar-refractivity contribution in [2.45, 2.75) is 31.7 Å². The Hall–Kier alpha value is -1.40. The van der Waals surface area contributed by atoms with Crippen molar-refractivity contribution in [2.75, 3.05) is 37.6 Å². The molecule has 20 heavy (non-hydrogen) atoms. The molecule has 0 aromatic carbocycles. The Morgan fingerprint density at radius 2 is 2.10 bits per heavy atom. The number of aromatic nitrogens is 2. The number of hydrogen-bond donors (Lipinski definition) is 2. The zero-order valence-electron chi connectivity index (χ0n) is 12.0. The van der Waals surface area contributed by atoms with Crippen molar-refractivity contribution < 1.29 is 0 Å². The third-order valence-electron chi connectivity index (χ3n) is 4.31. The Balaban J connectivity index is 1.70. The minimum absolute atomic E-state index is 0.0327. The van der Waals surface area contributed by atoms with E-state index in [0.29, 0.717) is 18.5 Å². The molecule has 3 rings (SSSR count). The summed E-state index contributed by atoms with van der Waals surface area (Å²) < 4.78 is 0. The monoisotopic (exact) mass is 277 g/mol. The molecule has 0 bridgehead atoms. The summed E-state index contributed by atoms with van der Waals surface area (Å²) in [6.07, 6.45) is 2.29. The fourth-order valence-electron chi connectivity index (χ4n) is 2.72. The molecule has 1 saturated carbocycles. The largest absolute Gasteiger partial charge is 0.354 e. The molecule has 0 radical (unpaired) electrons. The van der Waals surface area contributed by atoms with Gasteiger partial charge in [-0.25, -0.2) is 4.98 Å². The average molecular weight is 277 g/mol. The normalized spacial score (nSPS) is 22.0. The predicted molar refractivity (Wildman–Crippen MR) is 79.1 cm³/mol. The number of piperazine rings is 1. The van der Waals surface area contributed by atoms with Gasteiger partial charge in [0.15, 0.2) is 0 Å². The highest BCUT2D eigenvalue weighted by atomic mass is 16.1. The van der Waals surface area contributed by atoms with Gasteiger partial charge in [-0.15, -0.1) is 0 Å². The van der Waals surface area contributed by atoms with Crippen molar-refractivity contribution in [1.29, 1.82) is 0 Å². The standard InChI is InChI=1S/C14H23N5O/c1-10(9-15)18-4-6-19(7-5-18)12-8-13(20)17-14(16-12)11-2-3-11/h8,10-11H,2-7,9,15H2,1H3,(H,16,17,20). The highest BCUT2D eigenvalue weighted by molar-refractivity contribution is 5.38. The summed E-state index contributed by atoms with van der Waals surface area (Å²) in [5.41, 5.74) is 5.68. The van der Waals surface area contributed by atoms with Crippen LogP contribution in [0.1, 0.15) is 31.5 Å². The molecule has 2 aliphatic rings. The molecule has 1 unspecified atom stereocenters. The maximum atomic E-state index is 11.8. The first-order valence-electron chi connectivity index (χ1n) is 7.47. The molecule has 1 aromatic heterocycles. The van der Waals surface area contributed by atoms with Crippen LogP contribution in [0.4, 0.5) is 5.82 Å². The fourth-order valence-corrected chi connectivity index (χ4v) is 2.72. The molecule has 2 heterocycles. The van der Waals surface area contributed by atoms with Crippen LogP contribution in [0.3, 0.4) is 0 Å².